The molecule has 0 atom stereocenters. The van der Waals surface area contributed by atoms with Gasteiger partial charge >= 0.3 is 0 Å². The maximum absolute atomic E-state index is 11.3. The standard InChI is InChI=1S/C17H26N2O.C15H22N2O.C14H20N2O.C13H18N2O/c1-4-5-6-7-8-9-13-18-14(2)16-11-10-12-17(19-16)15(3)20;1-4-5-6-7-11-16-12(2)14-9-8-10-15(17-14)13(3)18;1-4-5-6-10-15-11(2)13-8-7-9-14(16-13)12(3)17;1-4-5-9-14-10(2)12-7-6-8-13(15-12)11(3)16/h10-12H,4-9,13H2,1-3H3;8-10H,4-7,11H2,1-3H3;7-9H,4-6,10H2,1-3H3;6-8H,4-5,9H2,1-3H3. The summed E-state index contributed by atoms with van der Waals surface area (Å²) in [7, 11) is 0. The van der Waals surface area contributed by atoms with Crippen LogP contribution in [-0.4, -0.2) is 92.1 Å². The van der Waals surface area contributed by atoms with E-state index in [0.29, 0.717) is 22.8 Å². The van der Waals surface area contributed by atoms with Gasteiger partial charge in [-0.15, -0.1) is 0 Å². The molecule has 0 amide bonds. The molecule has 0 fully saturated rings. The summed E-state index contributed by atoms with van der Waals surface area (Å²) in [4.78, 5) is 80.1. The summed E-state index contributed by atoms with van der Waals surface area (Å²) in [6.45, 7) is 26.0. The number of ketones is 4. The molecule has 0 radical (unpaired) electrons. The molecule has 0 aliphatic rings. The van der Waals surface area contributed by atoms with Crippen molar-refractivity contribution in [3.8, 4) is 0 Å². The molecule has 386 valence electrons. The maximum atomic E-state index is 11.3. The topological polar surface area (TPSA) is 169 Å². The van der Waals surface area contributed by atoms with Crippen molar-refractivity contribution in [3.05, 3.63) is 118 Å². The number of aromatic nitrogens is 4. The molecule has 0 saturated carbocycles. The van der Waals surface area contributed by atoms with Gasteiger partial charge in [0.1, 0.15) is 22.8 Å². The fraction of sp³-hybridized carbons (Fsp3) is 0.525. The lowest BCUT2D eigenvalue weighted by molar-refractivity contribution is 0.100. The molecule has 0 saturated heterocycles. The van der Waals surface area contributed by atoms with Gasteiger partial charge in [-0.05, 0) is 102 Å². The largest absolute Gasteiger partial charge is 0.293 e. The van der Waals surface area contributed by atoms with Gasteiger partial charge in [-0.3, -0.25) is 39.1 Å². The number of aliphatic imine (C=N–C) groups is 4. The van der Waals surface area contributed by atoms with Crippen molar-refractivity contribution in [1.82, 2.24) is 19.9 Å². The summed E-state index contributed by atoms with van der Waals surface area (Å²) in [6.07, 6.45) is 18.3. The summed E-state index contributed by atoms with van der Waals surface area (Å²) in [5.41, 5.74) is 8.87. The molecule has 4 heterocycles. The number of hydrogen-bond donors (Lipinski definition) is 0. The van der Waals surface area contributed by atoms with Gasteiger partial charge in [-0.1, -0.05) is 123 Å². The fourth-order valence-corrected chi connectivity index (χ4v) is 6.59. The van der Waals surface area contributed by atoms with Crippen molar-refractivity contribution in [2.75, 3.05) is 26.2 Å². The Morgan fingerprint density at radius 3 is 0.761 bits per heavy atom. The van der Waals surface area contributed by atoms with E-state index in [0.717, 1.165) is 104 Å². The first-order chi connectivity index (χ1) is 34.1. The Kier molecular flexibility index (Phi) is 34.3. The minimum Gasteiger partial charge on any atom is -0.293 e. The Morgan fingerprint density at radius 1 is 0.296 bits per heavy atom. The highest BCUT2D eigenvalue weighted by atomic mass is 16.1. The van der Waals surface area contributed by atoms with Crippen molar-refractivity contribution in [2.45, 2.75) is 179 Å². The zero-order valence-electron chi connectivity index (χ0n) is 45.6. The van der Waals surface area contributed by atoms with E-state index >= 15 is 0 Å². The average molecular weight is 971 g/mol. The first-order valence-electron chi connectivity index (χ1n) is 26.1. The minimum atomic E-state index is -0.0109. The molecular weight excluding hydrogens is 885 g/mol. The monoisotopic (exact) mass is 971 g/mol. The molecule has 0 bridgehead atoms. The molecule has 0 aliphatic carbocycles. The van der Waals surface area contributed by atoms with E-state index in [1.807, 2.05) is 76.2 Å². The van der Waals surface area contributed by atoms with Crippen molar-refractivity contribution < 1.29 is 19.2 Å². The van der Waals surface area contributed by atoms with Gasteiger partial charge < -0.3 is 0 Å². The third-order valence-corrected chi connectivity index (χ3v) is 11.1. The van der Waals surface area contributed by atoms with Crippen molar-refractivity contribution in [1.29, 1.82) is 0 Å². The first kappa shape index (κ1) is 63.0. The molecule has 0 spiro atoms. The Hall–Kier alpha value is -6.04. The summed E-state index contributed by atoms with van der Waals surface area (Å²) >= 11 is 0. The molecule has 71 heavy (non-hydrogen) atoms. The van der Waals surface area contributed by atoms with Crippen LogP contribution in [-0.2, 0) is 0 Å². The van der Waals surface area contributed by atoms with Crippen LogP contribution in [0.3, 0.4) is 0 Å². The second-order valence-corrected chi connectivity index (χ2v) is 17.6. The van der Waals surface area contributed by atoms with Gasteiger partial charge in [-0.2, -0.15) is 0 Å². The van der Waals surface area contributed by atoms with E-state index in [1.54, 1.807) is 24.3 Å². The zero-order chi connectivity index (χ0) is 52.8. The average Bonchev–Trinajstić information content (AvgIpc) is 3.37. The predicted octanol–water partition coefficient (Wildman–Crippen LogP) is 14.3. The molecule has 12 nitrogen and oxygen atoms in total. The third kappa shape index (κ3) is 28.4. The Balaban J connectivity index is 0.000000475. The van der Waals surface area contributed by atoms with Crippen LogP contribution in [0.1, 0.15) is 244 Å². The van der Waals surface area contributed by atoms with Gasteiger partial charge in [0.05, 0.1) is 45.6 Å². The van der Waals surface area contributed by atoms with E-state index in [2.05, 4.69) is 67.6 Å². The number of carbonyl (C=O) groups excluding carboxylic acids is 4. The van der Waals surface area contributed by atoms with Crippen molar-refractivity contribution >= 4 is 46.0 Å². The summed E-state index contributed by atoms with van der Waals surface area (Å²) in [5, 5.41) is 0. The number of unbranched alkanes of at least 4 members (excludes halogenated alkanes) is 11. The van der Waals surface area contributed by atoms with E-state index < -0.39 is 0 Å². The number of nitrogens with zero attached hydrogens (tertiary/aromatic N) is 8. The fourth-order valence-electron chi connectivity index (χ4n) is 6.59. The highest BCUT2D eigenvalue weighted by Crippen LogP contribution is 2.09. The minimum absolute atomic E-state index is 0.00410. The van der Waals surface area contributed by atoms with Crippen LogP contribution >= 0.6 is 0 Å². The van der Waals surface area contributed by atoms with Crippen molar-refractivity contribution in [2.24, 2.45) is 20.0 Å². The summed E-state index contributed by atoms with van der Waals surface area (Å²) in [6, 6.07) is 21.9. The third-order valence-electron chi connectivity index (χ3n) is 11.1. The number of rotatable bonds is 27. The Morgan fingerprint density at radius 2 is 0.493 bits per heavy atom. The molecule has 0 unspecified atom stereocenters. The van der Waals surface area contributed by atoms with Gasteiger partial charge in [0.2, 0.25) is 0 Å². The van der Waals surface area contributed by atoms with Crippen LogP contribution in [0.25, 0.3) is 0 Å². The second kappa shape index (κ2) is 38.7. The Labute approximate surface area is 427 Å². The van der Waals surface area contributed by atoms with E-state index in [9.17, 15) is 19.2 Å². The van der Waals surface area contributed by atoms with Crippen LogP contribution in [0.4, 0.5) is 0 Å². The number of pyridine rings is 4. The smallest absolute Gasteiger partial charge is 0.178 e. The van der Waals surface area contributed by atoms with Crippen molar-refractivity contribution in [3.63, 3.8) is 0 Å². The summed E-state index contributed by atoms with van der Waals surface area (Å²) in [5.74, 6) is -0.0305. The lowest BCUT2D eigenvalue weighted by Crippen LogP contribution is -2.05. The van der Waals surface area contributed by atoms with Crippen LogP contribution < -0.4 is 0 Å². The molecule has 4 rings (SSSR count). The maximum Gasteiger partial charge on any atom is 0.178 e. The van der Waals surface area contributed by atoms with E-state index in [4.69, 9.17) is 0 Å². The SMILES string of the molecule is CCCCCCCCN=C(C)c1cccc(C(C)=O)n1.CCCCCCN=C(C)c1cccc(C(C)=O)n1.CCCCCN=C(C)c1cccc(C(C)=O)n1.CCCCN=C(C)c1cccc(C(C)=O)n1. The van der Waals surface area contributed by atoms with Gasteiger partial charge in [-0.25, -0.2) is 19.9 Å². The first-order valence-corrected chi connectivity index (χ1v) is 26.1. The second-order valence-electron chi connectivity index (χ2n) is 17.6. The van der Waals surface area contributed by atoms with Gasteiger partial charge in [0.25, 0.3) is 0 Å². The normalized spacial score (nSPS) is 11.6. The molecule has 12 heteroatoms. The van der Waals surface area contributed by atoms with Gasteiger partial charge in [0.15, 0.2) is 23.1 Å². The van der Waals surface area contributed by atoms with E-state index in [1.165, 1.54) is 91.9 Å². The number of carbonyl (C=O) groups is 4. The van der Waals surface area contributed by atoms with Crippen LogP contribution in [0, 0.1) is 0 Å². The Bertz CT molecular complexity index is 2330. The number of hydrogen-bond acceptors (Lipinski definition) is 12. The predicted molar refractivity (Wildman–Crippen MR) is 297 cm³/mol. The van der Waals surface area contributed by atoms with Crippen LogP contribution in [0.5, 0.6) is 0 Å². The number of Topliss-reactive ketones (excluding diaryl/α,β-unsaturated/α-hetero) is 4. The molecule has 4 aromatic heterocycles. The van der Waals surface area contributed by atoms with Gasteiger partial charge in [0, 0.05) is 53.9 Å². The van der Waals surface area contributed by atoms with Crippen LogP contribution in [0.15, 0.2) is 92.8 Å². The highest BCUT2D eigenvalue weighted by molar-refractivity contribution is 6.01. The molecule has 4 aromatic rings. The lowest BCUT2D eigenvalue weighted by Gasteiger charge is -2.03. The molecule has 0 aliphatic heterocycles. The lowest BCUT2D eigenvalue weighted by atomic mass is 10.1. The molecule has 0 N–H and O–H groups in total. The zero-order valence-corrected chi connectivity index (χ0v) is 45.6. The molecular formula is C59H86N8O4. The highest BCUT2D eigenvalue weighted by Gasteiger charge is 2.08. The van der Waals surface area contributed by atoms with E-state index in [-0.39, 0.29) is 23.1 Å². The molecule has 0 aromatic carbocycles. The quantitative estimate of drug-likeness (QED) is 0.0323. The summed E-state index contributed by atoms with van der Waals surface area (Å²) < 4.78 is 0. The van der Waals surface area contributed by atoms with Crippen LogP contribution in [0.2, 0.25) is 0 Å².